The molecule has 0 radical (unpaired) electrons. The van der Waals surface area contributed by atoms with Crippen molar-refractivity contribution < 1.29 is 33.0 Å². The van der Waals surface area contributed by atoms with E-state index in [2.05, 4.69) is 58.7 Å². The molecule has 1 heterocycles. The summed E-state index contributed by atoms with van der Waals surface area (Å²) in [4.78, 5) is 38.9. The van der Waals surface area contributed by atoms with Gasteiger partial charge in [-0.05, 0) is 141 Å². The Morgan fingerprint density at radius 2 is 1.63 bits per heavy atom. The molecular weight excluding hydrogens is 659 g/mol. The number of aromatic nitrogens is 2. The van der Waals surface area contributed by atoms with Gasteiger partial charge in [0, 0.05) is 17.4 Å². The molecule has 1 N–H and O–H groups in total. The monoisotopic (exact) mass is 716 g/mol. The number of nitrogens with zero attached hydrogens (tertiary/aromatic N) is 2. The number of carbonyl (C=O) groups excluding carboxylic acids is 2. The number of hydrogen-bond acceptors (Lipinski definition) is 7. The molecule has 0 bridgehead atoms. The highest BCUT2D eigenvalue weighted by atomic mass is 19.1. The predicted octanol–water partition coefficient (Wildman–Crippen LogP) is 9.52. The van der Waals surface area contributed by atoms with Crippen molar-refractivity contribution in [2.45, 2.75) is 138 Å². The van der Waals surface area contributed by atoms with E-state index in [-0.39, 0.29) is 57.6 Å². The summed E-state index contributed by atoms with van der Waals surface area (Å²) in [5.41, 5.74) is 0.794. The van der Waals surface area contributed by atoms with Crippen molar-refractivity contribution in [3.8, 4) is 11.5 Å². The van der Waals surface area contributed by atoms with Gasteiger partial charge in [0.2, 0.25) is 11.8 Å². The van der Waals surface area contributed by atoms with Crippen LogP contribution in [0.5, 0.6) is 0 Å². The summed E-state index contributed by atoms with van der Waals surface area (Å²) in [6.07, 6.45) is 7.51. The number of fused-ring (bicyclic) bond motifs is 7. The lowest BCUT2D eigenvalue weighted by Gasteiger charge is -2.72. The van der Waals surface area contributed by atoms with Gasteiger partial charge in [-0.3, -0.25) is 14.4 Å². The third-order valence-corrected chi connectivity index (χ3v) is 15.7. The van der Waals surface area contributed by atoms with Crippen molar-refractivity contribution in [2.24, 2.45) is 50.7 Å². The Hall–Kier alpha value is -3.36. The summed E-state index contributed by atoms with van der Waals surface area (Å²) in [6.45, 7) is 19.5. The first-order chi connectivity index (χ1) is 24.2. The van der Waals surface area contributed by atoms with Crippen molar-refractivity contribution in [1.82, 2.24) is 10.2 Å². The molecule has 0 unspecified atom stereocenters. The first-order valence-corrected chi connectivity index (χ1v) is 19.5. The van der Waals surface area contributed by atoms with Crippen LogP contribution < -0.4 is 0 Å². The van der Waals surface area contributed by atoms with Crippen LogP contribution in [0.1, 0.15) is 132 Å². The molecule has 1 aromatic heterocycles. The lowest BCUT2D eigenvalue weighted by atomic mass is 9.33. The average molecular weight is 717 g/mol. The number of aliphatic carboxylic acids is 1. The molecule has 5 aliphatic carbocycles. The Kier molecular flexibility index (Phi) is 8.59. The Labute approximate surface area is 307 Å². The van der Waals surface area contributed by atoms with Gasteiger partial charge < -0.3 is 14.3 Å². The number of carbonyl (C=O) groups is 3. The lowest BCUT2D eigenvalue weighted by molar-refractivity contribution is -0.232. The van der Waals surface area contributed by atoms with Crippen molar-refractivity contribution in [1.29, 1.82) is 0 Å². The number of ether oxygens (including phenoxy) is 1. The van der Waals surface area contributed by atoms with Crippen LogP contribution in [0.4, 0.5) is 4.39 Å². The number of Topliss-reactive ketones (excluding diaryl/α,β-unsaturated/α-hetero) is 1. The fourth-order valence-electron chi connectivity index (χ4n) is 12.8. The number of halogens is 1. The standard InChI is InChI=1S/C43H57FN2O6/c1-24(2)33-28(47)22-43(36-46-45-35(52-36)25-10-12-26(44)13-11-25)21-20-41(8)27(34(33)43)14-15-30-40(7)18-17-31(51-32(48)23-38(3,4)37(49)50)39(5,6)29(40)16-19-42(30,41)9/h10-13,24,27,29-31H,14-23H2,1-9H3,(H,49,50)/t27-,29+,30-,31+,40+,41-,42-,43-/m1/s1. The SMILES string of the molecule is CC(C)C1=C2[C@H]3CC[C@@H]4[C@@]5(C)CC[C@H](OC(=O)CC(C)(C)C(=O)O)C(C)(C)[C@@H]5CC[C@@]4(C)[C@]3(C)CC[C@@]2(c2nnc(-c3ccc(F)cc3)o2)CC1=O. The first kappa shape index (κ1) is 37.0. The van der Waals surface area contributed by atoms with Gasteiger partial charge in [0.15, 0.2) is 5.78 Å². The highest BCUT2D eigenvalue weighted by Crippen LogP contribution is 2.76. The van der Waals surface area contributed by atoms with Crippen molar-refractivity contribution in [2.75, 3.05) is 0 Å². The van der Waals surface area contributed by atoms with Crippen LogP contribution in [0.2, 0.25) is 0 Å². The lowest BCUT2D eigenvalue weighted by Crippen LogP contribution is -2.66. The van der Waals surface area contributed by atoms with Gasteiger partial charge in [0.05, 0.1) is 17.3 Å². The minimum atomic E-state index is -1.17. The largest absolute Gasteiger partial charge is 0.481 e. The van der Waals surface area contributed by atoms with Crippen LogP contribution in [0.3, 0.4) is 0 Å². The Morgan fingerprint density at radius 3 is 2.29 bits per heavy atom. The zero-order chi connectivity index (χ0) is 37.8. The highest BCUT2D eigenvalue weighted by Gasteiger charge is 2.71. The molecule has 0 amide bonds. The van der Waals surface area contributed by atoms with Gasteiger partial charge in [-0.2, -0.15) is 0 Å². The van der Waals surface area contributed by atoms with Crippen molar-refractivity contribution in [3.63, 3.8) is 0 Å². The zero-order valence-electron chi connectivity index (χ0n) is 32.5. The van der Waals surface area contributed by atoms with Gasteiger partial charge in [-0.1, -0.05) is 48.5 Å². The van der Waals surface area contributed by atoms with Crippen molar-refractivity contribution in [3.05, 3.63) is 47.1 Å². The van der Waals surface area contributed by atoms with E-state index in [0.717, 1.165) is 56.9 Å². The maximum atomic E-state index is 14.1. The van der Waals surface area contributed by atoms with Crippen LogP contribution in [0.15, 0.2) is 39.8 Å². The number of rotatable bonds is 7. The van der Waals surface area contributed by atoms with E-state index in [9.17, 15) is 23.9 Å². The second kappa shape index (κ2) is 12.1. The molecule has 7 rings (SSSR count). The van der Waals surface area contributed by atoms with E-state index in [1.807, 2.05) is 0 Å². The predicted molar refractivity (Wildman–Crippen MR) is 194 cm³/mol. The minimum absolute atomic E-state index is 0.0211. The van der Waals surface area contributed by atoms with Crippen LogP contribution in [-0.2, 0) is 24.5 Å². The van der Waals surface area contributed by atoms with Gasteiger partial charge in [-0.25, -0.2) is 4.39 Å². The summed E-state index contributed by atoms with van der Waals surface area (Å²) >= 11 is 0. The third kappa shape index (κ3) is 5.20. The van der Waals surface area contributed by atoms with Gasteiger partial charge in [0.25, 0.3) is 0 Å². The van der Waals surface area contributed by atoms with E-state index in [4.69, 9.17) is 9.15 Å². The number of carboxylic acid groups (broad SMARTS) is 1. The van der Waals surface area contributed by atoms with Crippen LogP contribution >= 0.6 is 0 Å². The molecule has 0 aliphatic heterocycles. The molecule has 4 saturated carbocycles. The number of carboxylic acids is 1. The van der Waals surface area contributed by atoms with Gasteiger partial charge in [-0.15, -0.1) is 10.2 Å². The Balaban J connectivity index is 1.20. The summed E-state index contributed by atoms with van der Waals surface area (Å²) in [6, 6.07) is 6.08. The molecule has 2 aromatic rings. The number of allylic oxidation sites excluding steroid dienone is 2. The van der Waals surface area contributed by atoms with E-state index in [1.165, 1.54) is 17.7 Å². The summed E-state index contributed by atoms with van der Waals surface area (Å²) < 4.78 is 26.3. The number of hydrogen-bond donors (Lipinski definition) is 1. The fraction of sp³-hybridized carbons (Fsp3) is 0.698. The van der Waals surface area contributed by atoms with Crippen LogP contribution in [0.25, 0.3) is 11.5 Å². The smallest absolute Gasteiger partial charge is 0.309 e. The second-order valence-electron chi connectivity index (χ2n) is 19.4. The number of benzene rings is 1. The first-order valence-electron chi connectivity index (χ1n) is 19.5. The summed E-state index contributed by atoms with van der Waals surface area (Å²) in [5, 5.41) is 18.7. The molecular formula is C43H57FN2O6. The Bertz CT molecular complexity index is 1830. The Morgan fingerprint density at radius 1 is 0.942 bits per heavy atom. The van der Waals surface area contributed by atoms with E-state index < -0.39 is 22.8 Å². The fourth-order valence-corrected chi connectivity index (χ4v) is 12.8. The second-order valence-corrected chi connectivity index (χ2v) is 19.4. The number of ketones is 1. The molecule has 52 heavy (non-hydrogen) atoms. The molecule has 0 saturated heterocycles. The topological polar surface area (TPSA) is 120 Å². The van der Waals surface area contributed by atoms with Gasteiger partial charge in [0.1, 0.15) is 11.9 Å². The van der Waals surface area contributed by atoms with Crippen LogP contribution in [-0.4, -0.2) is 39.1 Å². The average Bonchev–Trinajstić information content (AvgIpc) is 3.66. The molecule has 0 spiro atoms. The third-order valence-electron chi connectivity index (χ3n) is 15.7. The van der Waals surface area contributed by atoms with Crippen molar-refractivity contribution >= 4 is 17.7 Å². The highest BCUT2D eigenvalue weighted by molar-refractivity contribution is 6.01. The molecule has 282 valence electrons. The van der Waals surface area contributed by atoms with E-state index >= 15 is 0 Å². The molecule has 1 aromatic carbocycles. The van der Waals surface area contributed by atoms with E-state index in [1.54, 1.807) is 26.0 Å². The minimum Gasteiger partial charge on any atom is -0.481 e. The zero-order valence-corrected chi connectivity index (χ0v) is 32.5. The summed E-state index contributed by atoms with van der Waals surface area (Å²) in [5.74, 6) is 0.382. The maximum Gasteiger partial charge on any atom is 0.309 e. The quantitative estimate of drug-likeness (QED) is 0.282. The maximum absolute atomic E-state index is 14.1. The normalized spacial score (nSPS) is 36.9. The number of esters is 1. The molecule has 8 atom stereocenters. The molecule has 5 aliphatic rings. The molecule has 8 nitrogen and oxygen atoms in total. The van der Waals surface area contributed by atoms with Gasteiger partial charge >= 0.3 is 11.9 Å². The molecule has 4 fully saturated rings. The van der Waals surface area contributed by atoms with Crippen LogP contribution in [0, 0.1) is 56.6 Å². The van der Waals surface area contributed by atoms with E-state index in [0.29, 0.717) is 35.6 Å². The molecule has 9 heteroatoms. The summed E-state index contributed by atoms with van der Waals surface area (Å²) in [7, 11) is 0.